The zero-order valence-corrected chi connectivity index (χ0v) is 13.3. The molecule has 112 valence electrons. The molecule has 2 N–H and O–H groups in total. The molecule has 2 rings (SSSR count). The third-order valence-electron chi connectivity index (χ3n) is 4.06. The van der Waals surface area contributed by atoms with Crippen LogP contribution in [0.5, 0.6) is 0 Å². The molecule has 20 heavy (non-hydrogen) atoms. The lowest BCUT2D eigenvalue weighted by atomic mass is 10.1. The summed E-state index contributed by atoms with van der Waals surface area (Å²) in [4.78, 5) is 9.72. The van der Waals surface area contributed by atoms with E-state index in [0.717, 1.165) is 31.1 Å². The maximum absolute atomic E-state index is 5.85. The van der Waals surface area contributed by atoms with Crippen LogP contribution in [0, 0.1) is 0 Å². The molecule has 0 bridgehead atoms. The Labute approximate surface area is 123 Å². The van der Waals surface area contributed by atoms with Gasteiger partial charge in [-0.25, -0.2) is 4.98 Å². The smallest absolute Gasteiger partial charge is 0.129 e. The molecule has 1 atom stereocenters. The fraction of sp³-hybridized carbons (Fsp3) is 0.688. The third-order valence-corrected chi connectivity index (χ3v) is 4.06. The number of rotatable bonds is 3. The summed E-state index contributed by atoms with van der Waals surface area (Å²) in [6, 6.07) is 4.79. The van der Waals surface area contributed by atoms with E-state index < -0.39 is 0 Å². The number of aromatic nitrogens is 1. The first kappa shape index (κ1) is 15.3. The molecule has 0 saturated carbocycles. The second-order valence-electron chi connectivity index (χ2n) is 6.28. The van der Waals surface area contributed by atoms with E-state index in [-0.39, 0.29) is 0 Å². The van der Waals surface area contributed by atoms with Gasteiger partial charge in [0.05, 0.1) is 0 Å². The maximum Gasteiger partial charge on any atom is 0.129 e. The van der Waals surface area contributed by atoms with Crippen LogP contribution in [0.2, 0.25) is 0 Å². The quantitative estimate of drug-likeness (QED) is 0.919. The van der Waals surface area contributed by atoms with Gasteiger partial charge in [-0.3, -0.25) is 0 Å². The highest BCUT2D eigenvalue weighted by Crippen LogP contribution is 2.23. The first-order valence-corrected chi connectivity index (χ1v) is 7.67. The molecule has 0 aromatic carbocycles. The van der Waals surface area contributed by atoms with E-state index in [1.165, 1.54) is 12.0 Å². The van der Waals surface area contributed by atoms with Crippen LogP contribution in [0.1, 0.15) is 44.4 Å². The second-order valence-corrected chi connectivity index (χ2v) is 6.28. The molecule has 4 nitrogen and oxygen atoms in total. The van der Waals surface area contributed by atoms with Gasteiger partial charge in [-0.15, -0.1) is 0 Å². The van der Waals surface area contributed by atoms with E-state index in [0.29, 0.717) is 18.5 Å². The van der Waals surface area contributed by atoms with Gasteiger partial charge in [-0.05, 0) is 50.6 Å². The minimum Gasteiger partial charge on any atom is -0.353 e. The van der Waals surface area contributed by atoms with Gasteiger partial charge in [0.25, 0.3) is 0 Å². The van der Waals surface area contributed by atoms with Crippen LogP contribution in [0.4, 0.5) is 5.82 Å². The van der Waals surface area contributed by atoms with Crippen LogP contribution in [0.3, 0.4) is 0 Å². The van der Waals surface area contributed by atoms with Crippen molar-refractivity contribution in [2.45, 2.75) is 45.7 Å². The van der Waals surface area contributed by atoms with Gasteiger partial charge in [-0.2, -0.15) is 0 Å². The molecule has 0 radical (unpaired) electrons. The predicted molar refractivity (Wildman–Crippen MR) is 85.1 cm³/mol. The fourth-order valence-electron chi connectivity index (χ4n) is 2.87. The number of nitrogens with two attached hydrogens (primary N) is 1. The lowest BCUT2D eigenvalue weighted by Crippen LogP contribution is -2.38. The van der Waals surface area contributed by atoms with Crippen molar-refractivity contribution in [3.05, 3.63) is 23.4 Å². The molecule has 0 spiro atoms. The van der Waals surface area contributed by atoms with Crippen molar-refractivity contribution in [1.29, 1.82) is 0 Å². The average Bonchev–Trinajstić information content (AvgIpc) is 2.58. The van der Waals surface area contributed by atoms with Gasteiger partial charge in [-0.1, -0.05) is 13.8 Å². The third kappa shape index (κ3) is 3.49. The van der Waals surface area contributed by atoms with Crippen molar-refractivity contribution < 1.29 is 0 Å². The Balaban J connectivity index is 2.32. The molecular formula is C16H28N4. The Hall–Kier alpha value is -1.13. The van der Waals surface area contributed by atoms with E-state index >= 15 is 0 Å². The minimum atomic E-state index is 0.435. The first-order chi connectivity index (χ1) is 9.51. The monoisotopic (exact) mass is 276 g/mol. The number of anilines is 1. The Morgan fingerprint density at radius 1 is 1.35 bits per heavy atom. The molecule has 0 amide bonds. The molecule has 1 fully saturated rings. The van der Waals surface area contributed by atoms with Gasteiger partial charge in [0.15, 0.2) is 0 Å². The molecule has 0 aliphatic carbocycles. The van der Waals surface area contributed by atoms with Crippen LogP contribution in [0.25, 0.3) is 0 Å². The number of nitrogens with zero attached hydrogens (tertiary/aromatic N) is 3. The van der Waals surface area contributed by atoms with Gasteiger partial charge in [0.1, 0.15) is 5.82 Å². The maximum atomic E-state index is 5.85. The number of likely N-dealkylation sites (N-methyl/N-ethyl adjacent to an activating group) is 1. The second kappa shape index (κ2) is 6.55. The summed E-state index contributed by atoms with van der Waals surface area (Å²) in [7, 11) is 2.20. The molecular weight excluding hydrogens is 248 g/mol. The first-order valence-electron chi connectivity index (χ1n) is 7.67. The Kier molecular flexibility index (Phi) is 5.00. The lowest BCUT2D eigenvalue weighted by molar-refractivity contribution is 0.337. The zero-order chi connectivity index (χ0) is 14.7. The summed E-state index contributed by atoms with van der Waals surface area (Å²) < 4.78 is 0. The topological polar surface area (TPSA) is 45.4 Å². The highest BCUT2D eigenvalue weighted by Gasteiger charge is 2.21. The van der Waals surface area contributed by atoms with Crippen molar-refractivity contribution in [1.82, 2.24) is 9.88 Å². The molecule has 2 heterocycles. The molecule has 1 aromatic heterocycles. The van der Waals surface area contributed by atoms with E-state index in [4.69, 9.17) is 10.7 Å². The summed E-state index contributed by atoms with van der Waals surface area (Å²) >= 11 is 0. The van der Waals surface area contributed by atoms with Crippen molar-refractivity contribution >= 4 is 5.82 Å². The van der Waals surface area contributed by atoms with Gasteiger partial charge >= 0.3 is 0 Å². The number of hydrogen-bond acceptors (Lipinski definition) is 4. The summed E-state index contributed by atoms with van der Waals surface area (Å²) in [5.74, 6) is 1.53. The van der Waals surface area contributed by atoms with Crippen LogP contribution in [-0.4, -0.2) is 42.6 Å². The van der Waals surface area contributed by atoms with Crippen molar-refractivity contribution in [2.24, 2.45) is 5.73 Å². The van der Waals surface area contributed by atoms with E-state index in [9.17, 15) is 0 Å². The highest BCUT2D eigenvalue weighted by molar-refractivity contribution is 5.44. The minimum absolute atomic E-state index is 0.435. The summed E-state index contributed by atoms with van der Waals surface area (Å²) in [6.07, 6.45) is 1.19. The summed E-state index contributed by atoms with van der Waals surface area (Å²) in [5, 5.41) is 0. The van der Waals surface area contributed by atoms with Crippen molar-refractivity contribution in [3.63, 3.8) is 0 Å². The van der Waals surface area contributed by atoms with E-state index in [2.05, 4.69) is 49.8 Å². The summed E-state index contributed by atoms with van der Waals surface area (Å²) in [5.41, 5.74) is 8.18. The zero-order valence-electron chi connectivity index (χ0n) is 13.3. The van der Waals surface area contributed by atoms with E-state index in [1.807, 2.05) is 0 Å². The molecule has 1 aromatic rings. The Morgan fingerprint density at radius 2 is 2.10 bits per heavy atom. The number of pyridine rings is 1. The van der Waals surface area contributed by atoms with Crippen LogP contribution in [0.15, 0.2) is 12.1 Å². The molecule has 1 aliphatic rings. The fourth-order valence-corrected chi connectivity index (χ4v) is 2.87. The normalized spacial score (nSPS) is 21.3. The largest absolute Gasteiger partial charge is 0.353 e. The highest BCUT2D eigenvalue weighted by atomic mass is 15.3. The van der Waals surface area contributed by atoms with Crippen molar-refractivity contribution in [3.8, 4) is 0 Å². The molecule has 1 saturated heterocycles. The van der Waals surface area contributed by atoms with Crippen molar-refractivity contribution in [2.75, 3.05) is 31.6 Å². The van der Waals surface area contributed by atoms with Crippen LogP contribution >= 0.6 is 0 Å². The summed E-state index contributed by atoms with van der Waals surface area (Å²) in [6.45, 7) is 10.6. The number of hydrogen-bond donors (Lipinski definition) is 1. The lowest BCUT2D eigenvalue weighted by Gasteiger charge is -2.30. The average molecular weight is 276 g/mol. The Bertz CT molecular complexity index is 444. The Morgan fingerprint density at radius 3 is 2.75 bits per heavy atom. The van der Waals surface area contributed by atoms with E-state index in [1.54, 1.807) is 0 Å². The van der Waals surface area contributed by atoms with Crippen LogP contribution < -0.4 is 10.6 Å². The molecule has 1 unspecified atom stereocenters. The predicted octanol–water partition coefficient (Wildman–Crippen LogP) is 2.19. The molecule has 4 heteroatoms. The standard InChI is InChI=1S/C16H28N4/c1-12(2)15-8-14(10-17)9-16(18-15)20-7-5-6-19(4)11-13(20)3/h8-9,12-13H,5-7,10-11,17H2,1-4H3. The van der Waals surface area contributed by atoms with Gasteiger partial charge < -0.3 is 15.5 Å². The molecule has 1 aliphatic heterocycles. The van der Waals surface area contributed by atoms with Gasteiger partial charge in [0.2, 0.25) is 0 Å². The van der Waals surface area contributed by atoms with Gasteiger partial charge in [0, 0.05) is 31.4 Å². The van der Waals surface area contributed by atoms with Crippen LogP contribution in [-0.2, 0) is 6.54 Å². The SMILES string of the molecule is CC(C)c1cc(CN)cc(N2CCCN(C)CC2C)n1.